The second-order valence-corrected chi connectivity index (χ2v) is 17.5. The molecule has 0 saturated carbocycles. The first-order valence-electron chi connectivity index (χ1n) is 13.0. The highest BCUT2D eigenvalue weighted by molar-refractivity contribution is 7.86. The maximum Gasteiger partial charge on any atom is 0.330 e. The molecule has 0 aromatic heterocycles. The second kappa shape index (κ2) is 13.7. The number of rotatable bonds is 13. The zero-order valence-corrected chi connectivity index (χ0v) is 25.8. The summed E-state index contributed by atoms with van der Waals surface area (Å²) in [5.74, 6) is -1.45. The van der Waals surface area contributed by atoms with Gasteiger partial charge in [-0.05, 0) is 48.8 Å². The van der Waals surface area contributed by atoms with Gasteiger partial charge in [0.05, 0.1) is 17.1 Å². The first-order chi connectivity index (χ1) is 18.1. The molecule has 2 aromatic rings. The Morgan fingerprint density at radius 1 is 1.08 bits per heavy atom. The predicted molar refractivity (Wildman–Crippen MR) is 156 cm³/mol. The first kappa shape index (κ1) is 32.6. The molecule has 7 nitrogen and oxygen atoms in total. The van der Waals surface area contributed by atoms with E-state index in [1.54, 1.807) is 19.1 Å². The Kier molecular flexibility index (Phi) is 11.4. The van der Waals surface area contributed by atoms with E-state index in [2.05, 4.69) is 40.4 Å². The van der Waals surface area contributed by atoms with E-state index in [1.165, 1.54) is 24.3 Å². The highest BCUT2D eigenvalue weighted by Crippen LogP contribution is 2.43. The first-order valence-corrected chi connectivity index (χ1v) is 17.3. The molecule has 4 atom stereocenters. The molecule has 0 aliphatic rings. The number of hydrogen-bond donors (Lipinski definition) is 1. The Hall–Kier alpha value is -2.56. The largest absolute Gasteiger partial charge is 0.458 e. The molecule has 2 rings (SSSR count). The number of hydrogen-bond acceptors (Lipinski definition) is 7. The standard InChI is InChI=1S/C30H42O7SSi/c1-9-21-35-27(32)20-19-26(31)23(3)28(36-38(33,34)25-17-15-22(2)16-18-25)29(24-13-11-10-12-14-24)37-39(7,8)30(4,5)6/h9-20,23,26,28-29,31H,1,21H2,2-8H3/b20-19+/t23-,26-,28-,29+/m0/s1. The summed E-state index contributed by atoms with van der Waals surface area (Å²) in [6, 6.07) is 15.6. The number of ether oxygens (including phenoxy) is 1. The monoisotopic (exact) mass is 574 g/mol. The van der Waals surface area contributed by atoms with Gasteiger partial charge >= 0.3 is 5.97 Å². The van der Waals surface area contributed by atoms with Gasteiger partial charge in [-0.2, -0.15) is 8.42 Å². The lowest BCUT2D eigenvalue weighted by Gasteiger charge is -2.42. The molecule has 0 aliphatic carbocycles. The average molecular weight is 575 g/mol. The van der Waals surface area contributed by atoms with Crippen LogP contribution in [0.25, 0.3) is 0 Å². The Labute approximate surface area is 234 Å². The van der Waals surface area contributed by atoms with Crippen LogP contribution in [0.5, 0.6) is 0 Å². The summed E-state index contributed by atoms with van der Waals surface area (Å²) < 4.78 is 44.7. The van der Waals surface area contributed by atoms with Crippen LogP contribution in [0.3, 0.4) is 0 Å². The van der Waals surface area contributed by atoms with E-state index in [9.17, 15) is 18.3 Å². The van der Waals surface area contributed by atoms with Gasteiger partial charge in [0.25, 0.3) is 10.1 Å². The van der Waals surface area contributed by atoms with Crippen LogP contribution in [0.2, 0.25) is 18.1 Å². The minimum atomic E-state index is -4.24. The minimum Gasteiger partial charge on any atom is -0.458 e. The van der Waals surface area contributed by atoms with Crippen molar-refractivity contribution in [3.05, 3.63) is 90.5 Å². The van der Waals surface area contributed by atoms with Crippen LogP contribution < -0.4 is 0 Å². The summed E-state index contributed by atoms with van der Waals surface area (Å²) >= 11 is 0. The maximum absolute atomic E-state index is 13.5. The molecule has 39 heavy (non-hydrogen) atoms. The van der Waals surface area contributed by atoms with E-state index in [1.807, 2.05) is 37.3 Å². The number of carbonyl (C=O) groups excluding carboxylic acids is 1. The Morgan fingerprint density at radius 2 is 1.67 bits per heavy atom. The number of benzene rings is 2. The lowest BCUT2D eigenvalue weighted by Crippen LogP contribution is -2.47. The van der Waals surface area contributed by atoms with Crippen molar-refractivity contribution in [1.82, 2.24) is 0 Å². The third kappa shape index (κ3) is 9.25. The molecule has 1 N–H and O–H groups in total. The summed E-state index contributed by atoms with van der Waals surface area (Å²) in [5.41, 5.74) is 1.63. The molecule has 0 heterocycles. The summed E-state index contributed by atoms with van der Waals surface area (Å²) in [7, 11) is -6.71. The Balaban J connectivity index is 2.59. The normalized spacial score (nSPS) is 15.9. The molecule has 0 fully saturated rings. The van der Waals surface area contributed by atoms with Crippen LogP contribution in [0.4, 0.5) is 0 Å². The topological polar surface area (TPSA) is 99.1 Å². The molecule has 0 spiro atoms. The van der Waals surface area contributed by atoms with Crippen molar-refractivity contribution in [2.24, 2.45) is 5.92 Å². The van der Waals surface area contributed by atoms with Crippen LogP contribution in [0.15, 0.2) is 84.3 Å². The van der Waals surface area contributed by atoms with Gasteiger partial charge in [0, 0.05) is 12.0 Å². The van der Waals surface area contributed by atoms with Gasteiger partial charge in [-0.25, -0.2) is 4.79 Å². The molecular weight excluding hydrogens is 532 g/mol. The summed E-state index contributed by atoms with van der Waals surface area (Å²) in [5, 5.41) is 10.9. The lowest BCUT2D eigenvalue weighted by molar-refractivity contribution is -0.136. The number of aliphatic hydroxyl groups is 1. The molecule has 0 unspecified atom stereocenters. The Bertz CT molecular complexity index is 1220. The van der Waals surface area contributed by atoms with Crippen LogP contribution in [0, 0.1) is 12.8 Å². The molecule has 0 aliphatic heterocycles. The van der Waals surface area contributed by atoms with Crippen molar-refractivity contribution in [3.8, 4) is 0 Å². The van der Waals surface area contributed by atoms with Crippen molar-refractivity contribution in [3.63, 3.8) is 0 Å². The SMILES string of the molecule is C=CCOC(=O)/C=C/[C@H](O)[C@H](C)[C@H](OS(=O)(=O)c1ccc(C)cc1)[C@H](O[Si](C)(C)C(C)(C)C)c1ccccc1. The molecular formula is C30H42O7SSi. The third-order valence-electron chi connectivity index (χ3n) is 7.03. The number of carbonyl (C=O) groups is 1. The van der Waals surface area contributed by atoms with Crippen molar-refractivity contribution in [1.29, 1.82) is 0 Å². The van der Waals surface area contributed by atoms with E-state index >= 15 is 0 Å². The van der Waals surface area contributed by atoms with Gasteiger partial charge in [0.15, 0.2) is 8.32 Å². The number of aliphatic hydroxyl groups excluding tert-OH is 1. The van der Waals surface area contributed by atoms with Crippen LogP contribution in [0.1, 0.15) is 44.9 Å². The van der Waals surface area contributed by atoms with E-state index in [0.717, 1.165) is 17.2 Å². The summed E-state index contributed by atoms with van der Waals surface area (Å²) in [6.45, 7) is 17.5. The third-order valence-corrected chi connectivity index (χ3v) is 12.8. The molecule has 0 radical (unpaired) electrons. The quantitative estimate of drug-likeness (QED) is 0.101. The van der Waals surface area contributed by atoms with Gasteiger partial charge in [-0.15, -0.1) is 0 Å². The molecule has 214 valence electrons. The van der Waals surface area contributed by atoms with Crippen molar-refractivity contribution < 1.29 is 31.7 Å². The highest BCUT2D eigenvalue weighted by atomic mass is 32.2. The van der Waals surface area contributed by atoms with Crippen LogP contribution in [-0.4, -0.2) is 46.6 Å². The van der Waals surface area contributed by atoms with E-state index < -0.39 is 48.6 Å². The lowest BCUT2D eigenvalue weighted by atomic mass is 9.90. The average Bonchev–Trinajstić information content (AvgIpc) is 2.87. The van der Waals surface area contributed by atoms with Crippen molar-refractivity contribution in [2.45, 2.75) is 76.0 Å². The van der Waals surface area contributed by atoms with Crippen molar-refractivity contribution in [2.75, 3.05) is 6.61 Å². The molecule has 9 heteroatoms. The second-order valence-electron chi connectivity index (χ2n) is 11.2. The fraction of sp³-hybridized carbons (Fsp3) is 0.433. The van der Waals surface area contributed by atoms with E-state index in [0.29, 0.717) is 0 Å². The fourth-order valence-corrected chi connectivity index (χ4v) is 5.93. The molecule has 0 bridgehead atoms. The predicted octanol–water partition coefficient (Wildman–Crippen LogP) is 6.11. The highest BCUT2D eigenvalue weighted by Gasteiger charge is 2.44. The van der Waals surface area contributed by atoms with Gasteiger partial charge in [-0.3, -0.25) is 4.18 Å². The summed E-state index contributed by atoms with van der Waals surface area (Å²) in [4.78, 5) is 12.0. The summed E-state index contributed by atoms with van der Waals surface area (Å²) in [6.07, 6.45) is 0.637. The number of esters is 1. The van der Waals surface area contributed by atoms with Gasteiger partial charge in [-0.1, -0.05) is 88.4 Å². The smallest absolute Gasteiger partial charge is 0.330 e. The fourth-order valence-electron chi connectivity index (χ4n) is 3.52. The number of aryl methyl sites for hydroxylation is 1. The van der Waals surface area contributed by atoms with Gasteiger partial charge in [0.2, 0.25) is 0 Å². The minimum absolute atomic E-state index is 0.00229. The van der Waals surface area contributed by atoms with Crippen LogP contribution >= 0.6 is 0 Å². The Morgan fingerprint density at radius 3 is 2.21 bits per heavy atom. The van der Waals surface area contributed by atoms with Gasteiger partial charge < -0.3 is 14.3 Å². The maximum atomic E-state index is 13.5. The molecule has 2 aromatic carbocycles. The van der Waals surface area contributed by atoms with Gasteiger partial charge in [0.1, 0.15) is 12.7 Å². The van der Waals surface area contributed by atoms with E-state index in [4.69, 9.17) is 13.3 Å². The molecule has 0 amide bonds. The zero-order chi connectivity index (χ0) is 29.4. The van der Waals surface area contributed by atoms with Crippen molar-refractivity contribution >= 4 is 24.4 Å². The molecule has 0 saturated heterocycles. The zero-order valence-electron chi connectivity index (χ0n) is 24.0. The van der Waals surface area contributed by atoms with E-state index in [-0.39, 0.29) is 16.5 Å². The van der Waals surface area contributed by atoms with Crippen LogP contribution in [-0.2, 0) is 28.3 Å².